The number of methoxy groups -OCH3 is 1. The van der Waals surface area contributed by atoms with Crippen molar-refractivity contribution in [1.29, 1.82) is 0 Å². The molecule has 23 heavy (non-hydrogen) atoms. The van der Waals surface area contributed by atoms with Gasteiger partial charge in [-0.1, -0.05) is 6.07 Å². The lowest BCUT2D eigenvalue weighted by Crippen LogP contribution is -2.19. The minimum Gasteiger partial charge on any atom is -0.493 e. The topological polar surface area (TPSA) is 91.0 Å². The Hall–Kier alpha value is -2.67. The zero-order chi connectivity index (χ0) is 16.8. The van der Waals surface area contributed by atoms with Gasteiger partial charge < -0.3 is 15.3 Å². The zero-order valence-electron chi connectivity index (χ0n) is 12.7. The summed E-state index contributed by atoms with van der Waals surface area (Å²) >= 11 is 1.49. The fourth-order valence-corrected chi connectivity index (χ4v) is 2.72. The maximum atomic E-state index is 12.4. The monoisotopic (exact) mass is 332 g/mol. The summed E-state index contributed by atoms with van der Waals surface area (Å²) in [6, 6.07) is 8.47. The summed E-state index contributed by atoms with van der Waals surface area (Å²) in [5, 5.41) is 5.51. The van der Waals surface area contributed by atoms with Crippen LogP contribution in [-0.4, -0.2) is 24.6 Å². The van der Waals surface area contributed by atoms with Gasteiger partial charge in [-0.05, 0) is 29.6 Å². The highest BCUT2D eigenvalue weighted by molar-refractivity contribution is 7.10. The molecule has 0 saturated heterocycles. The van der Waals surface area contributed by atoms with Gasteiger partial charge in [0, 0.05) is 23.8 Å². The Balaban J connectivity index is 2.27. The number of nitrogens with two attached hydrogens (primary N) is 1. The number of hydrazone groups is 1. The quantitative estimate of drug-likeness (QED) is 0.288. The minimum absolute atomic E-state index is 0.145. The molecule has 1 heterocycles. The summed E-state index contributed by atoms with van der Waals surface area (Å²) in [5.74, 6) is 5.32. The van der Waals surface area contributed by atoms with Crippen LogP contribution >= 0.6 is 11.3 Å². The average Bonchev–Trinajstić information content (AvgIpc) is 3.01. The normalized spacial score (nSPS) is 11.1. The molecule has 0 atom stereocenters. The number of thiophene rings is 1. The molecule has 0 spiro atoms. The molecule has 2 rings (SSSR count). The van der Waals surface area contributed by atoms with Crippen molar-refractivity contribution in [2.45, 2.75) is 13.3 Å². The highest BCUT2D eigenvalue weighted by atomic mass is 32.1. The molecule has 0 fully saturated rings. The molecular formula is C16H16N2O4S. The Morgan fingerprint density at radius 1 is 1.26 bits per heavy atom. The number of nitrogens with zero attached hydrogens (tertiary/aromatic N) is 1. The van der Waals surface area contributed by atoms with Gasteiger partial charge in [0.05, 0.1) is 7.11 Å². The molecule has 7 heteroatoms. The van der Waals surface area contributed by atoms with Crippen molar-refractivity contribution in [1.82, 2.24) is 0 Å². The van der Waals surface area contributed by atoms with Gasteiger partial charge >= 0.3 is 5.97 Å². The molecule has 0 aliphatic heterocycles. The van der Waals surface area contributed by atoms with Gasteiger partial charge in [0.2, 0.25) is 0 Å². The van der Waals surface area contributed by atoms with Gasteiger partial charge in [-0.3, -0.25) is 9.59 Å². The maximum Gasteiger partial charge on any atom is 0.308 e. The standard InChI is InChI=1S/C16H16N2O4S/c1-10(19)22-14-6-5-11(8-15(14)21-2)16(18-17)13(20)9-12-4-3-7-23-12/h3-8H,9,17H2,1-2H3/b18-16+. The summed E-state index contributed by atoms with van der Waals surface area (Å²) in [7, 11) is 1.44. The average molecular weight is 332 g/mol. The number of ether oxygens (including phenoxy) is 2. The lowest BCUT2D eigenvalue weighted by molar-refractivity contribution is -0.132. The van der Waals surface area contributed by atoms with Crippen LogP contribution in [-0.2, 0) is 16.0 Å². The number of esters is 1. The third-order valence-electron chi connectivity index (χ3n) is 3.00. The number of carbonyl (C=O) groups excluding carboxylic acids is 2. The molecule has 1 aromatic carbocycles. The number of carbonyl (C=O) groups is 2. The summed E-state index contributed by atoms with van der Waals surface area (Å²) in [4.78, 5) is 24.4. The number of benzene rings is 1. The van der Waals surface area contributed by atoms with Crippen LogP contribution in [0.5, 0.6) is 11.5 Å². The fourth-order valence-electron chi connectivity index (χ4n) is 2.02. The zero-order valence-corrected chi connectivity index (χ0v) is 13.6. The Bertz CT molecular complexity index is 739. The van der Waals surface area contributed by atoms with E-state index in [1.807, 2.05) is 17.5 Å². The first-order chi connectivity index (χ1) is 11.0. The lowest BCUT2D eigenvalue weighted by Gasteiger charge is -2.10. The van der Waals surface area contributed by atoms with Crippen molar-refractivity contribution in [2.24, 2.45) is 10.9 Å². The van der Waals surface area contributed by atoms with Crippen LogP contribution in [0.25, 0.3) is 0 Å². The molecule has 0 amide bonds. The Morgan fingerprint density at radius 3 is 2.61 bits per heavy atom. The number of Topliss-reactive ketones (excluding diaryl/α,β-unsaturated/α-hetero) is 1. The summed E-state index contributed by atoms with van der Waals surface area (Å²) in [5.41, 5.74) is 0.646. The van der Waals surface area contributed by atoms with Crippen molar-refractivity contribution < 1.29 is 19.1 Å². The van der Waals surface area contributed by atoms with E-state index in [2.05, 4.69) is 5.10 Å². The third kappa shape index (κ3) is 4.17. The predicted molar refractivity (Wildman–Crippen MR) is 88.1 cm³/mol. The largest absolute Gasteiger partial charge is 0.493 e. The van der Waals surface area contributed by atoms with Gasteiger partial charge in [-0.25, -0.2) is 0 Å². The molecule has 0 unspecified atom stereocenters. The molecule has 0 aliphatic rings. The van der Waals surface area contributed by atoms with Crippen molar-refractivity contribution in [2.75, 3.05) is 7.11 Å². The summed E-state index contributed by atoms with van der Waals surface area (Å²) in [6.07, 6.45) is 0.224. The Labute approximate surface area is 137 Å². The molecule has 0 radical (unpaired) electrons. The van der Waals surface area contributed by atoms with Crippen LogP contribution in [0.2, 0.25) is 0 Å². The van der Waals surface area contributed by atoms with Crippen molar-refractivity contribution in [3.63, 3.8) is 0 Å². The van der Waals surface area contributed by atoms with Crippen LogP contribution in [0.1, 0.15) is 17.4 Å². The molecule has 2 N–H and O–H groups in total. The van der Waals surface area contributed by atoms with Crippen LogP contribution in [0.3, 0.4) is 0 Å². The van der Waals surface area contributed by atoms with Crippen LogP contribution < -0.4 is 15.3 Å². The fraction of sp³-hybridized carbons (Fsp3) is 0.188. The first kappa shape index (κ1) is 16.7. The summed E-state index contributed by atoms with van der Waals surface area (Å²) < 4.78 is 10.2. The van der Waals surface area contributed by atoms with E-state index in [9.17, 15) is 9.59 Å². The lowest BCUT2D eigenvalue weighted by atomic mass is 10.0. The second kappa shape index (κ2) is 7.55. The van der Waals surface area contributed by atoms with E-state index in [0.717, 1.165) is 4.88 Å². The third-order valence-corrected chi connectivity index (χ3v) is 3.88. The van der Waals surface area contributed by atoms with Gasteiger partial charge in [0.15, 0.2) is 17.3 Å². The molecule has 1 aromatic heterocycles. The SMILES string of the molecule is COc1cc(/C(=N\N)C(=O)Cc2cccs2)ccc1OC(C)=O. The molecule has 0 aliphatic carbocycles. The minimum atomic E-state index is -0.461. The van der Waals surface area contributed by atoms with E-state index in [4.69, 9.17) is 15.3 Å². The van der Waals surface area contributed by atoms with E-state index < -0.39 is 5.97 Å². The van der Waals surface area contributed by atoms with Gasteiger partial charge in [0.25, 0.3) is 0 Å². The number of ketones is 1. The van der Waals surface area contributed by atoms with Crippen LogP contribution in [0.4, 0.5) is 0 Å². The van der Waals surface area contributed by atoms with Crippen LogP contribution in [0.15, 0.2) is 40.8 Å². The second-order valence-electron chi connectivity index (χ2n) is 4.62. The smallest absolute Gasteiger partial charge is 0.308 e. The van der Waals surface area contributed by atoms with E-state index in [1.54, 1.807) is 18.2 Å². The molecule has 0 saturated carbocycles. The van der Waals surface area contributed by atoms with Crippen molar-refractivity contribution in [3.05, 3.63) is 46.2 Å². The molecule has 0 bridgehead atoms. The van der Waals surface area contributed by atoms with Gasteiger partial charge in [-0.2, -0.15) is 5.10 Å². The molecular weight excluding hydrogens is 316 g/mol. The second-order valence-corrected chi connectivity index (χ2v) is 5.65. The predicted octanol–water partition coefficient (Wildman–Crippen LogP) is 2.16. The first-order valence-electron chi connectivity index (χ1n) is 6.75. The van der Waals surface area contributed by atoms with E-state index in [-0.39, 0.29) is 23.7 Å². The van der Waals surface area contributed by atoms with Crippen molar-refractivity contribution in [3.8, 4) is 11.5 Å². The first-order valence-corrected chi connectivity index (χ1v) is 7.63. The number of rotatable bonds is 6. The highest BCUT2D eigenvalue weighted by Gasteiger charge is 2.18. The Morgan fingerprint density at radius 2 is 2.04 bits per heavy atom. The Kier molecular flexibility index (Phi) is 5.48. The van der Waals surface area contributed by atoms with Crippen molar-refractivity contribution >= 4 is 28.8 Å². The van der Waals surface area contributed by atoms with E-state index in [1.165, 1.54) is 25.4 Å². The molecule has 120 valence electrons. The van der Waals surface area contributed by atoms with Crippen LogP contribution in [0, 0.1) is 0 Å². The van der Waals surface area contributed by atoms with E-state index >= 15 is 0 Å². The summed E-state index contributed by atoms with van der Waals surface area (Å²) in [6.45, 7) is 1.30. The van der Waals surface area contributed by atoms with Gasteiger partial charge in [-0.15, -0.1) is 11.3 Å². The van der Waals surface area contributed by atoms with E-state index in [0.29, 0.717) is 11.3 Å². The maximum absolute atomic E-state index is 12.4. The molecule has 2 aromatic rings. The highest BCUT2D eigenvalue weighted by Crippen LogP contribution is 2.28. The molecule has 6 nitrogen and oxygen atoms in total. The van der Waals surface area contributed by atoms with Gasteiger partial charge in [0.1, 0.15) is 5.71 Å². The number of hydrogen-bond donors (Lipinski definition) is 1. The number of hydrogen-bond acceptors (Lipinski definition) is 7.